The van der Waals surface area contributed by atoms with Crippen LogP contribution in [0.2, 0.25) is 0 Å². The number of nitrogens with one attached hydrogen (secondary N) is 1. The van der Waals surface area contributed by atoms with Crippen LogP contribution < -0.4 is 15.8 Å². The summed E-state index contributed by atoms with van der Waals surface area (Å²) >= 11 is 0. The molecule has 4 N–H and O–H groups in total. The summed E-state index contributed by atoms with van der Waals surface area (Å²) in [4.78, 5) is 20.1. The summed E-state index contributed by atoms with van der Waals surface area (Å²) in [7, 11) is 1.56. The minimum atomic E-state index is -0.989. The van der Waals surface area contributed by atoms with Crippen molar-refractivity contribution in [1.29, 1.82) is 0 Å². The van der Waals surface area contributed by atoms with E-state index in [9.17, 15) is 9.90 Å². The molecule has 30 heavy (non-hydrogen) atoms. The van der Waals surface area contributed by atoms with Gasteiger partial charge in [0.15, 0.2) is 5.82 Å². The topological polar surface area (TPSA) is 128 Å². The van der Waals surface area contributed by atoms with E-state index < -0.39 is 5.97 Å². The highest BCUT2D eigenvalue weighted by Gasteiger charge is 2.52. The van der Waals surface area contributed by atoms with E-state index in [2.05, 4.69) is 20.4 Å². The molecule has 0 bridgehead atoms. The van der Waals surface area contributed by atoms with Crippen LogP contribution >= 0.6 is 0 Å². The van der Waals surface area contributed by atoms with Crippen LogP contribution in [-0.2, 0) is 6.54 Å². The number of aromatic carboxylic acids is 1. The van der Waals surface area contributed by atoms with Crippen molar-refractivity contribution in [2.75, 3.05) is 24.7 Å². The van der Waals surface area contributed by atoms with Gasteiger partial charge in [-0.05, 0) is 55.2 Å². The van der Waals surface area contributed by atoms with Gasteiger partial charge in [-0.1, -0.05) is 0 Å². The maximum atomic E-state index is 11.4. The van der Waals surface area contributed by atoms with Gasteiger partial charge in [0, 0.05) is 12.1 Å². The van der Waals surface area contributed by atoms with Gasteiger partial charge in [0.05, 0.1) is 25.4 Å². The van der Waals surface area contributed by atoms with Gasteiger partial charge in [-0.25, -0.2) is 9.78 Å². The minimum absolute atomic E-state index is 0.195. The molecule has 2 aliphatic rings. The van der Waals surface area contributed by atoms with Gasteiger partial charge in [0.2, 0.25) is 5.95 Å². The number of nitrogens with zero attached hydrogens (tertiary/aromatic N) is 4. The highest BCUT2D eigenvalue weighted by atomic mass is 16.5. The Morgan fingerprint density at radius 2 is 2.17 bits per heavy atom. The number of anilines is 2. The van der Waals surface area contributed by atoms with Crippen LogP contribution in [0.4, 0.5) is 11.8 Å². The van der Waals surface area contributed by atoms with Crippen LogP contribution in [0, 0.1) is 11.3 Å². The summed E-state index contributed by atoms with van der Waals surface area (Å²) < 4.78 is 7.17. The van der Waals surface area contributed by atoms with E-state index in [0.717, 1.165) is 12.1 Å². The molecule has 2 heterocycles. The number of carboxylic acid groups (broad SMARTS) is 1. The predicted molar refractivity (Wildman–Crippen MR) is 112 cm³/mol. The number of ether oxygens (including phenoxy) is 1. The molecular weight excluding hydrogens is 384 g/mol. The first-order valence-corrected chi connectivity index (χ1v) is 10.1. The number of fused-ring (bicyclic) bond motifs is 1. The van der Waals surface area contributed by atoms with Crippen LogP contribution in [0.15, 0.2) is 24.4 Å². The lowest BCUT2D eigenvalue weighted by molar-refractivity contribution is 0.0696. The molecule has 0 atom stereocenters. The zero-order valence-electron chi connectivity index (χ0n) is 16.8. The van der Waals surface area contributed by atoms with Gasteiger partial charge in [0.25, 0.3) is 0 Å². The number of aromatic nitrogens is 4. The number of nitrogens with two attached hydrogens (primary N) is 1. The third-order valence-electron chi connectivity index (χ3n) is 6.31. The number of carboxylic acids is 1. The van der Waals surface area contributed by atoms with E-state index in [1.54, 1.807) is 30.1 Å². The van der Waals surface area contributed by atoms with Crippen molar-refractivity contribution < 1.29 is 14.6 Å². The largest absolute Gasteiger partial charge is 0.496 e. The number of hydrogen-bond donors (Lipinski definition) is 3. The molecule has 0 radical (unpaired) electrons. The van der Waals surface area contributed by atoms with Gasteiger partial charge < -0.3 is 20.9 Å². The van der Waals surface area contributed by atoms with E-state index in [1.807, 2.05) is 0 Å². The van der Waals surface area contributed by atoms with Crippen molar-refractivity contribution in [2.45, 2.75) is 32.2 Å². The molecular formula is C21H24N6O3. The maximum Gasteiger partial charge on any atom is 0.335 e. The van der Waals surface area contributed by atoms with Gasteiger partial charge in [0.1, 0.15) is 16.8 Å². The van der Waals surface area contributed by atoms with Crippen molar-refractivity contribution in [3.63, 3.8) is 0 Å². The standard InChI is InChI=1S/C21H24N6O3/c1-30-16-3-2-13(19(28)29)6-14(16)11-27-17-15(10-24-27)25-20(22)26-18(17)23-9-12-7-21(8-12)4-5-21/h2-3,6,10,12H,4-5,7-9,11H2,1H3,(H,28,29)(H3,22,23,25,26). The Kier molecular flexibility index (Phi) is 4.27. The van der Waals surface area contributed by atoms with Crippen LogP contribution in [0.3, 0.4) is 0 Å². The lowest BCUT2D eigenvalue weighted by Crippen LogP contribution is -2.31. The third-order valence-corrected chi connectivity index (χ3v) is 6.31. The fourth-order valence-electron chi connectivity index (χ4n) is 4.59. The van der Waals surface area contributed by atoms with Crippen molar-refractivity contribution in [3.05, 3.63) is 35.5 Å². The van der Waals surface area contributed by atoms with Crippen LogP contribution in [-0.4, -0.2) is 44.5 Å². The van der Waals surface area contributed by atoms with Crippen LogP contribution in [0.1, 0.15) is 41.6 Å². The maximum absolute atomic E-state index is 11.4. The summed E-state index contributed by atoms with van der Waals surface area (Å²) in [5.74, 6) is 1.11. The first kappa shape index (κ1) is 18.7. The predicted octanol–water partition coefficient (Wildman–Crippen LogP) is 2.77. The summed E-state index contributed by atoms with van der Waals surface area (Å²) in [6.45, 7) is 1.17. The molecule has 0 saturated heterocycles. The molecule has 3 aromatic rings. The highest BCUT2D eigenvalue weighted by molar-refractivity contribution is 5.88. The molecule has 9 nitrogen and oxygen atoms in total. The summed E-state index contributed by atoms with van der Waals surface area (Å²) in [5.41, 5.74) is 8.85. The van der Waals surface area contributed by atoms with E-state index in [-0.39, 0.29) is 11.5 Å². The van der Waals surface area contributed by atoms with Gasteiger partial charge in [-0.3, -0.25) is 4.68 Å². The summed E-state index contributed by atoms with van der Waals surface area (Å²) in [6.07, 6.45) is 6.95. The molecule has 2 aliphatic carbocycles. The normalized spacial score (nSPS) is 17.1. The average molecular weight is 408 g/mol. The number of hydrogen-bond acceptors (Lipinski definition) is 7. The summed E-state index contributed by atoms with van der Waals surface area (Å²) in [5, 5.41) is 17.2. The van der Waals surface area contributed by atoms with E-state index in [1.165, 1.54) is 31.7 Å². The van der Waals surface area contributed by atoms with Crippen molar-refractivity contribution >= 4 is 28.8 Å². The van der Waals surface area contributed by atoms with E-state index in [0.29, 0.717) is 40.5 Å². The molecule has 5 rings (SSSR count). The molecule has 2 saturated carbocycles. The fraction of sp³-hybridized carbons (Fsp3) is 0.429. The monoisotopic (exact) mass is 408 g/mol. The van der Waals surface area contributed by atoms with E-state index in [4.69, 9.17) is 10.5 Å². The Hall–Kier alpha value is -3.36. The number of nitrogen functional groups attached to an aromatic ring is 1. The lowest BCUT2D eigenvalue weighted by Gasteiger charge is -2.36. The number of rotatable bonds is 7. The van der Waals surface area contributed by atoms with Crippen molar-refractivity contribution in [3.8, 4) is 5.75 Å². The van der Waals surface area contributed by atoms with Crippen LogP contribution in [0.25, 0.3) is 11.0 Å². The van der Waals surface area contributed by atoms with Crippen molar-refractivity contribution in [1.82, 2.24) is 19.7 Å². The van der Waals surface area contributed by atoms with Gasteiger partial charge in [-0.2, -0.15) is 10.1 Å². The SMILES string of the molecule is COc1ccc(C(=O)O)cc1Cn1ncc2nc(N)nc(NCC3CC4(CC4)C3)c21. The Balaban J connectivity index is 1.44. The molecule has 1 aromatic carbocycles. The molecule has 156 valence electrons. The van der Waals surface area contributed by atoms with Crippen molar-refractivity contribution in [2.24, 2.45) is 11.3 Å². The molecule has 0 unspecified atom stereocenters. The Labute approximate surface area is 173 Å². The lowest BCUT2D eigenvalue weighted by atomic mass is 9.72. The molecule has 9 heteroatoms. The first-order chi connectivity index (χ1) is 14.5. The Bertz CT molecular complexity index is 1130. The molecule has 0 amide bonds. The Morgan fingerprint density at radius 1 is 1.37 bits per heavy atom. The quantitative estimate of drug-likeness (QED) is 0.544. The third kappa shape index (κ3) is 3.30. The zero-order valence-corrected chi connectivity index (χ0v) is 16.8. The molecule has 2 fully saturated rings. The first-order valence-electron chi connectivity index (χ1n) is 10.1. The molecule has 1 spiro atoms. The second-order valence-electron chi connectivity index (χ2n) is 8.45. The van der Waals surface area contributed by atoms with Gasteiger partial charge in [-0.15, -0.1) is 0 Å². The number of benzene rings is 1. The Morgan fingerprint density at radius 3 is 2.87 bits per heavy atom. The zero-order chi connectivity index (χ0) is 20.9. The number of methoxy groups -OCH3 is 1. The number of carbonyl (C=O) groups is 1. The smallest absolute Gasteiger partial charge is 0.335 e. The summed E-state index contributed by atoms with van der Waals surface area (Å²) in [6, 6.07) is 4.78. The fourth-order valence-corrected chi connectivity index (χ4v) is 4.59. The second kappa shape index (κ2) is 6.86. The van der Waals surface area contributed by atoms with Crippen LogP contribution in [0.5, 0.6) is 5.75 Å². The van der Waals surface area contributed by atoms with Gasteiger partial charge >= 0.3 is 5.97 Å². The highest BCUT2D eigenvalue weighted by Crippen LogP contribution is 2.63. The average Bonchev–Trinajstić information content (AvgIpc) is 3.40. The van der Waals surface area contributed by atoms with E-state index >= 15 is 0 Å². The minimum Gasteiger partial charge on any atom is -0.496 e. The molecule has 2 aromatic heterocycles. The second-order valence-corrected chi connectivity index (χ2v) is 8.45. The molecule has 0 aliphatic heterocycles.